The van der Waals surface area contributed by atoms with Crippen LogP contribution in [0, 0.1) is 0 Å². The van der Waals surface area contributed by atoms with Gasteiger partial charge in [0.2, 0.25) is 5.91 Å². The van der Waals surface area contributed by atoms with E-state index in [1.807, 2.05) is 0 Å². The fraction of sp³-hybridized carbons (Fsp3) is 0.200. The van der Waals surface area contributed by atoms with E-state index >= 15 is 0 Å². The number of nitrogens with one attached hydrogen (secondary N) is 1. The Hall–Kier alpha value is -2.67. The zero-order valence-corrected chi connectivity index (χ0v) is 13.0. The summed E-state index contributed by atoms with van der Waals surface area (Å²) in [6.07, 6.45) is -0.201. The Labute approximate surface area is 136 Å². The minimum Gasteiger partial charge on any atom is -0.352 e. The largest absolute Gasteiger partial charge is 0.352 e. The molecular weight excluding hydrogens is 324 g/mol. The maximum Gasteiger partial charge on any atom is 0.335 e. The van der Waals surface area contributed by atoms with Gasteiger partial charge >= 0.3 is 5.97 Å². The number of hydrogen-bond acceptors (Lipinski definition) is 5. The first-order chi connectivity index (χ1) is 10.8. The van der Waals surface area contributed by atoms with E-state index in [1.165, 1.54) is 25.1 Å². The molecule has 1 aliphatic rings. The predicted molar refractivity (Wildman–Crippen MR) is 80.5 cm³/mol. The fourth-order valence-corrected chi connectivity index (χ4v) is 2.02. The molecule has 0 saturated carbocycles. The number of fused-ring (bicyclic) bond motifs is 1. The molecule has 0 aliphatic carbocycles. The number of hydrogen-bond donors (Lipinski definition) is 1. The average Bonchev–Trinajstić information content (AvgIpc) is 2.71. The van der Waals surface area contributed by atoms with Crippen LogP contribution in [0.5, 0.6) is 0 Å². The summed E-state index contributed by atoms with van der Waals surface area (Å²) in [5, 5.41) is 3.12. The normalized spacial score (nSPS) is 12.9. The third-order valence-electron chi connectivity index (χ3n) is 3.01. The molecule has 7 nitrogen and oxygen atoms in total. The summed E-state index contributed by atoms with van der Waals surface area (Å²) in [7, 11) is 0. The molecule has 2 rings (SSSR count). The molecule has 8 heteroatoms. The number of hydroxylamine groups is 2. The van der Waals surface area contributed by atoms with Crippen molar-refractivity contribution < 1.29 is 24.0 Å². The maximum atomic E-state index is 12.1. The highest BCUT2D eigenvalue weighted by Crippen LogP contribution is 2.26. The SMILES string of the molecule is C=C(C)C(=O)NCCC(=O)ON1C(=O)c2ccc(Cl)cc2C1=O. The Morgan fingerprint density at radius 1 is 1.26 bits per heavy atom. The Bertz CT molecular complexity index is 729. The van der Waals surface area contributed by atoms with Crippen molar-refractivity contribution in [1.82, 2.24) is 10.4 Å². The number of carbonyl (C=O) groups is 4. The highest BCUT2D eigenvalue weighted by Gasteiger charge is 2.38. The Morgan fingerprint density at radius 2 is 1.91 bits per heavy atom. The summed E-state index contributed by atoms with van der Waals surface area (Å²) < 4.78 is 0. The molecular formula is C15H13ClN2O5. The Kier molecular flexibility index (Phi) is 4.80. The summed E-state index contributed by atoms with van der Waals surface area (Å²) in [5.74, 6) is -2.71. The first-order valence-electron chi connectivity index (χ1n) is 6.64. The standard InChI is InChI=1S/C15H13ClN2O5/c1-8(2)13(20)17-6-5-12(19)23-18-14(21)10-4-3-9(16)7-11(10)15(18)22/h3-4,7H,1,5-6H2,2H3,(H,17,20). The lowest BCUT2D eigenvalue weighted by Gasteiger charge is -2.12. The molecule has 1 aromatic carbocycles. The van der Waals surface area contributed by atoms with Gasteiger partial charge in [-0.25, -0.2) is 4.79 Å². The van der Waals surface area contributed by atoms with Gasteiger partial charge < -0.3 is 10.2 Å². The van der Waals surface area contributed by atoms with Crippen LogP contribution < -0.4 is 5.32 Å². The molecule has 0 unspecified atom stereocenters. The van der Waals surface area contributed by atoms with Crippen molar-refractivity contribution >= 4 is 35.3 Å². The monoisotopic (exact) mass is 336 g/mol. The number of carbonyl (C=O) groups excluding carboxylic acids is 4. The summed E-state index contributed by atoms with van der Waals surface area (Å²) in [6, 6.07) is 4.18. The topological polar surface area (TPSA) is 92.8 Å². The second-order valence-electron chi connectivity index (χ2n) is 4.84. The Balaban J connectivity index is 1.95. The van der Waals surface area contributed by atoms with Crippen LogP contribution >= 0.6 is 11.6 Å². The highest BCUT2D eigenvalue weighted by molar-refractivity contribution is 6.32. The van der Waals surface area contributed by atoms with Gasteiger partial charge in [0.25, 0.3) is 11.8 Å². The quantitative estimate of drug-likeness (QED) is 0.649. The van der Waals surface area contributed by atoms with Crippen LogP contribution in [0.3, 0.4) is 0 Å². The molecule has 1 N–H and O–H groups in total. The van der Waals surface area contributed by atoms with Crippen molar-refractivity contribution in [2.24, 2.45) is 0 Å². The second-order valence-corrected chi connectivity index (χ2v) is 5.28. The van der Waals surface area contributed by atoms with Crippen molar-refractivity contribution in [1.29, 1.82) is 0 Å². The third-order valence-corrected chi connectivity index (χ3v) is 3.24. The lowest BCUT2D eigenvalue weighted by molar-refractivity contribution is -0.168. The number of benzene rings is 1. The van der Waals surface area contributed by atoms with Crippen LogP contribution in [-0.2, 0) is 14.4 Å². The third kappa shape index (κ3) is 3.57. The number of imide groups is 1. The molecule has 0 radical (unpaired) electrons. The van der Waals surface area contributed by atoms with Gasteiger partial charge in [0, 0.05) is 17.1 Å². The van der Waals surface area contributed by atoms with Crippen molar-refractivity contribution in [3.05, 3.63) is 46.5 Å². The molecule has 23 heavy (non-hydrogen) atoms. The minimum absolute atomic E-state index is 0.000472. The lowest BCUT2D eigenvalue weighted by atomic mass is 10.1. The van der Waals surface area contributed by atoms with E-state index in [0.717, 1.165) is 0 Å². The Morgan fingerprint density at radius 3 is 2.57 bits per heavy atom. The van der Waals surface area contributed by atoms with Crippen molar-refractivity contribution in [2.75, 3.05) is 6.54 Å². The molecule has 0 fully saturated rings. The van der Waals surface area contributed by atoms with Crippen LogP contribution in [0.4, 0.5) is 0 Å². The summed E-state index contributed by atoms with van der Waals surface area (Å²) in [5.41, 5.74) is 0.490. The lowest BCUT2D eigenvalue weighted by Crippen LogP contribution is -2.34. The van der Waals surface area contributed by atoms with Crippen LogP contribution in [0.2, 0.25) is 5.02 Å². The number of amides is 3. The first kappa shape index (κ1) is 16.7. The van der Waals surface area contributed by atoms with Gasteiger partial charge in [-0.15, -0.1) is 0 Å². The molecule has 120 valence electrons. The molecule has 0 bridgehead atoms. The summed E-state index contributed by atoms with van der Waals surface area (Å²) in [6.45, 7) is 4.97. The first-order valence-corrected chi connectivity index (χ1v) is 7.02. The zero-order chi connectivity index (χ0) is 17.1. The van der Waals surface area contributed by atoms with Crippen LogP contribution in [0.25, 0.3) is 0 Å². The smallest absolute Gasteiger partial charge is 0.335 e. The van der Waals surface area contributed by atoms with E-state index in [1.54, 1.807) is 0 Å². The molecule has 0 saturated heterocycles. The van der Waals surface area contributed by atoms with Crippen LogP contribution in [0.15, 0.2) is 30.4 Å². The zero-order valence-electron chi connectivity index (χ0n) is 12.2. The average molecular weight is 337 g/mol. The van der Waals surface area contributed by atoms with Gasteiger partial charge in [0.15, 0.2) is 0 Å². The van der Waals surface area contributed by atoms with E-state index in [4.69, 9.17) is 16.4 Å². The van der Waals surface area contributed by atoms with Gasteiger partial charge in [-0.3, -0.25) is 14.4 Å². The van der Waals surface area contributed by atoms with Crippen LogP contribution in [-0.4, -0.2) is 35.3 Å². The molecule has 0 spiro atoms. The van der Waals surface area contributed by atoms with Crippen molar-refractivity contribution in [3.63, 3.8) is 0 Å². The number of nitrogens with zero attached hydrogens (tertiary/aromatic N) is 1. The molecule has 1 heterocycles. The number of halogens is 1. The van der Waals surface area contributed by atoms with E-state index in [9.17, 15) is 19.2 Å². The molecule has 0 atom stereocenters. The molecule has 3 amide bonds. The fourth-order valence-electron chi connectivity index (χ4n) is 1.85. The summed E-state index contributed by atoms with van der Waals surface area (Å²) >= 11 is 5.78. The minimum atomic E-state index is -0.826. The van der Waals surface area contributed by atoms with E-state index < -0.39 is 23.7 Å². The van der Waals surface area contributed by atoms with E-state index in [0.29, 0.717) is 15.7 Å². The predicted octanol–water partition coefficient (Wildman–Crippen LogP) is 1.48. The molecule has 0 aromatic heterocycles. The van der Waals surface area contributed by atoms with Gasteiger partial charge in [-0.2, -0.15) is 0 Å². The van der Waals surface area contributed by atoms with E-state index in [-0.39, 0.29) is 24.1 Å². The van der Waals surface area contributed by atoms with Gasteiger partial charge in [0.1, 0.15) is 0 Å². The van der Waals surface area contributed by atoms with Gasteiger partial charge in [-0.05, 0) is 25.1 Å². The highest BCUT2D eigenvalue weighted by atomic mass is 35.5. The van der Waals surface area contributed by atoms with Crippen molar-refractivity contribution in [3.8, 4) is 0 Å². The van der Waals surface area contributed by atoms with E-state index in [2.05, 4.69) is 11.9 Å². The number of rotatable bonds is 5. The van der Waals surface area contributed by atoms with Gasteiger partial charge in [0.05, 0.1) is 17.5 Å². The molecule has 1 aliphatic heterocycles. The van der Waals surface area contributed by atoms with Gasteiger partial charge in [-0.1, -0.05) is 23.2 Å². The molecule has 1 aromatic rings. The van der Waals surface area contributed by atoms with Crippen molar-refractivity contribution in [2.45, 2.75) is 13.3 Å². The second kappa shape index (κ2) is 6.62. The van der Waals surface area contributed by atoms with Crippen LogP contribution in [0.1, 0.15) is 34.1 Å². The summed E-state index contributed by atoms with van der Waals surface area (Å²) in [4.78, 5) is 51.8. The maximum absolute atomic E-state index is 12.1.